The summed E-state index contributed by atoms with van der Waals surface area (Å²) in [6, 6.07) is 21.9. The van der Waals surface area contributed by atoms with Gasteiger partial charge in [0, 0.05) is 19.3 Å². The minimum absolute atomic E-state index is 0.00775. The molecule has 2 aromatic carbocycles. The summed E-state index contributed by atoms with van der Waals surface area (Å²) in [5, 5.41) is 0. The molecular formula is C39H51ClO2. The number of esters is 1. The number of alkyl halides is 1. The van der Waals surface area contributed by atoms with Crippen molar-refractivity contribution in [2.75, 3.05) is 0 Å². The first-order valence-electron chi connectivity index (χ1n) is 16.8. The second-order valence-electron chi connectivity index (χ2n) is 14.9. The lowest BCUT2D eigenvalue weighted by Gasteiger charge is -2.64. The number of halogens is 1. The van der Waals surface area contributed by atoms with Gasteiger partial charge in [-0.15, -0.1) is 11.6 Å². The zero-order chi connectivity index (χ0) is 29.5. The number of allylic oxidation sites excluding steroid dienone is 2. The standard InChI is InChI=1S/C39H51ClO2/c1-27(12-11-17-32(29-13-7-5-8-14-29)30-15-9-6-10-16-30)34-18-19-35-33-21-25-39(40)26-31(42-28(2)41)20-24-38(39,4)36(33)22-23-37(34,35)3/h5-11,13-17,27,31-36H,12,18-26H2,1-4H3/t27-,31+,33+,34+,35-,36-,37-,38-,39+/m1/s1. The van der Waals surface area contributed by atoms with Crippen LogP contribution < -0.4 is 0 Å². The van der Waals surface area contributed by atoms with Gasteiger partial charge in [-0.05, 0) is 109 Å². The summed E-state index contributed by atoms with van der Waals surface area (Å²) in [5.41, 5.74) is 3.31. The van der Waals surface area contributed by atoms with Crippen LogP contribution in [0.15, 0.2) is 72.8 Å². The Hall–Kier alpha value is -2.06. The van der Waals surface area contributed by atoms with E-state index in [0.29, 0.717) is 23.2 Å². The van der Waals surface area contributed by atoms with Crippen molar-refractivity contribution in [3.63, 3.8) is 0 Å². The fraction of sp³-hybridized carbons (Fsp3) is 0.615. The minimum Gasteiger partial charge on any atom is -0.462 e. The second kappa shape index (κ2) is 11.8. The summed E-state index contributed by atoms with van der Waals surface area (Å²) in [4.78, 5) is 11.5. The summed E-state index contributed by atoms with van der Waals surface area (Å²) < 4.78 is 5.68. The molecule has 4 aliphatic carbocycles. The highest BCUT2D eigenvalue weighted by Gasteiger charge is 2.64. The molecule has 0 spiro atoms. The van der Waals surface area contributed by atoms with E-state index in [4.69, 9.17) is 16.3 Å². The van der Waals surface area contributed by atoms with Crippen LogP contribution >= 0.6 is 11.6 Å². The van der Waals surface area contributed by atoms with Gasteiger partial charge in [0.05, 0.1) is 4.87 Å². The molecule has 0 heterocycles. The first-order chi connectivity index (χ1) is 20.1. The summed E-state index contributed by atoms with van der Waals surface area (Å²) >= 11 is 7.55. The quantitative estimate of drug-likeness (QED) is 0.183. The Morgan fingerprint density at radius 1 is 0.905 bits per heavy atom. The minimum atomic E-state index is -0.232. The molecule has 6 rings (SSSR count). The van der Waals surface area contributed by atoms with E-state index in [1.165, 1.54) is 50.2 Å². The van der Waals surface area contributed by atoms with Crippen LogP contribution in [0.4, 0.5) is 0 Å². The van der Waals surface area contributed by atoms with Crippen molar-refractivity contribution in [2.24, 2.45) is 40.4 Å². The first-order valence-corrected chi connectivity index (χ1v) is 17.1. The topological polar surface area (TPSA) is 26.3 Å². The van der Waals surface area contributed by atoms with E-state index in [9.17, 15) is 4.79 Å². The highest BCUT2D eigenvalue weighted by Crippen LogP contribution is 2.70. The highest BCUT2D eigenvalue weighted by molar-refractivity contribution is 6.24. The van der Waals surface area contributed by atoms with Gasteiger partial charge in [-0.3, -0.25) is 4.79 Å². The van der Waals surface area contributed by atoms with Crippen LogP contribution in [0.25, 0.3) is 0 Å². The fourth-order valence-corrected chi connectivity index (χ4v) is 11.3. The van der Waals surface area contributed by atoms with Crippen LogP contribution in [0.1, 0.15) is 109 Å². The Balaban J connectivity index is 1.15. The van der Waals surface area contributed by atoms with Crippen LogP contribution in [0.2, 0.25) is 0 Å². The highest BCUT2D eigenvalue weighted by atomic mass is 35.5. The van der Waals surface area contributed by atoms with Crippen molar-refractivity contribution in [1.82, 2.24) is 0 Å². The maximum Gasteiger partial charge on any atom is 0.302 e. The molecule has 226 valence electrons. The molecule has 42 heavy (non-hydrogen) atoms. The molecule has 0 amide bonds. The summed E-state index contributed by atoms with van der Waals surface area (Å²) in [6.45, 7) is 9.22. The SMILES string of the molecule is CC(=O)O[C@H]1CC[C@]2(C)[C@@H]3CC[C@@]4(C)[C@H](CC[C@H]4[C@H](C)CC=CC(c4ccccc4)c4ccccc4)[C@@H]3CC[C@]2(Cl)C1. The van der Waals surface area contributed by atoms with Crippen molar-refractivity contribution in [3.05, 3.63) is 83.9 Å². The normalized spacial score (nSPS) is 38.5. The molecule has 0 aliphatic heterocycles. The number of benzene rings is 2. The molecule has 0 unspecified atom stereocenters. The van der Waals surface area contributed by atoms with Gasteiger partial charge in [-0.1, -0.05) is 93.6 Å². The zero-order valence-corrected chi connectivity index (χ0v) is 27.0. The van der Waals surface area contributed by atoms with E-state index in [-0.39, 0.29) is 22.4 Å². The molecular weight excluding hydrogens is 536 g/mol. The molecule has 2 nitrogen and oxygen atoms in total. The number of carbonyl (C=O) groups is 1. The number of hydrogen-bond donors (Lipinski definition) is 0. The molecule has 0 aromatic heterocycles. The van der Waals surface area contributed by atoms with Crippen molar-refractivity contribution in [1.29, 1.82) is 0 Å². The third-order valence-corrected chi connectivity index (χ3v) is 13.7. The molecule has 3 heteroatoms. The predicted octanol–water partition coefficient (Wildman–Crippen LogP) is 10.4. The Morgan fingerprint density at radius 3 is 2.21 bits per heavy atom. The number of ether oxygens (including phenoxy) is 1. The van der Waals surface area contributed by atoms with E-state index < -0.39 is 0 Å². The van der Waals surface area contributed by atoms with Gasteiger partial charge in [-0.25, -0.2) is 0 Å². The van der Waals surface area contributed by atoms with Crippen LogP contribution in [-0.2, 0) is 9.53 Å². The number of carbonyl (C=O) groups excluding carboxylic acids is 1. The van der Waals surface area contributed by atoms with Crippen molar-refractivity contribution in [3.8, 4) is 0 Å². The van der Waals surface area contributed by atoms with Crippen LogP contribution in [0.5, 0.6) is 0 Å². The molecule has 4 aliphatic rings. The average molecular weight is 587 g/mol. The summed E-state index contributed by atoms with van der Waals surface area (Å²) in [7, 11) is 0. The van der Waals surface area contributed by atoms with Crippen molar-refractivity contribution >= 4 is 17.6 Å². The third-order valence-electron chi connectivity index (χ3n) is 12.9. The van der Waals surface area contributed by atoms with E-state index in [0.717, 1.165) is 49.9 Å². The molecule has 4 fully saturated rings. The van der Waals surface area contributed by atoms with Gasteiger partial charge >= 0.3 is 5.97 Å². The van der Waals surface area contributed by atoms with Gasteiger partial charge < -0.3 is 4.74 Å². The molecule has 4 saturated carbocycles. The molecule has 9 atom stereocenters. The molecule has 0 bridgehead atoms. The second-order valence-corrected chi connectivity index (χ2v) is 15.7. The first kappa shape index (κ1) is 30.0. The van der Waals surface area contributed by atoms with Gasteiger partial charge in [0.2, 0.25) is 0 Å². The Labute approximate surface area is 259 Å². The summed E-state index contributed by atoms with van der Waals surface area (Å²) in [5.74, 6) is 3.92. The number of hydrogen-bond acceptors (Lipinski definition) is 2. The Morgan fingerprint density at radius 2 is 1.57 bits per heavy atom. The van der Waals surface area contributed by atoms with Crippen LogP contribution in [-0.4, -0.2) is 16.9 Å². The maximum atomic E-state index is 11.7. The molecule has 2 aromatic rings. The number of rotatable bonds is 7. The summed E-state index contributed by atoms with van der Waals surface area (Å²) in [6.07, 6.45) is 16.7. The lowest BCUT2D eigenvalue weighted by Crippen LogP contribution is -2.60. The Bertz CT molecular complexity index is 1220. The maximum absolute atomic E-state index is 11.7. The Kier molecular flexibility index (Phi) is 8.42. The van der Waals surface area contributed by atoms with Crippen LogP contribution in [0.3, 0.4) is 0 Å². The monoisotopic (exact) mass is 586 g/mol. The van der Waals surface area contributed by atoms with E-state index in [2.05, 4.69) is 93.6 Å². The lowest BCUT2D eigenvalue weighted by molar-refractivity contribution is -0.157. The van der Waals surface area contributed by atoms with E-state index >= 15 is 0 Å². The van der Waals surface area contributed by atoms with Gasteiger partial charge in [0.1, 0.15) is 6.10 Å². The molecule has 0 N–H and O–H groups in total. The molecule has 0 saturated heterocycles. The zero-order valence-electron chi connectivity index (χ0n) is 26.2. The van der Waals surface area contributed by atoms with E-state index in [1.807, 2.05) is 0 Å². The smallest absolute Gasteiger partial charge is 0.302 e. The lowest BCUT2D eigenvalue weighted by atomic mass is 9.44. The molecule has 0 radical (unpaired) electrons. The van der Waals surface area contributed by atoms with Crippen LogP contribution in [0, 0.1) is 40.4 Å². The fourth-order valence-electron chi connectivity index (χ4n) is 10.8. The van der Waals surface area contributed by atoms with Crippen molar-refractivity contribution < 1.29 is 9.53 Å². The number of fused-ring (bicyclic) bond motifs is 5. The third kappa shape index (κ3) is 5.29. The van der Waals surface area contributed by atoms with Gasteiger partial charge in [0.15, 0.2) is 0 Å². The average Bonchev–Trinajstić information content (AvgIpc) is 3.34. The van der Waals surface area contributed by atoms with Crippen molar-refractivity contribution in [2.45, 2.75) is 109 Å². The predicted molar refractivity (Wildman–Crippen MR) is 174 cm³/mol. The van der Waals surface area contributed by atoms with Gasteiger partial charge in [-0.2, -0.15) is 0 Å². The van der Waals surface area contributed by atoms with E-state index in [1.54, 1.807) is 0 Å². The van der Waals surface area contributed by atoms with Gasteiger partial charge in [0.25, 0.3) is 0 Å². The largest absolute Gasteiger partial charge is 0.462 e.